The zero-order valence-electron chi connectivity index (χ0n) is 3.54. The Morgan fingerprint density at radius 1 is 0.222 bits per heavy atom. The van der Waals surface area contributed by atoms with Crippen molar-refractivity contribution in [1.82, 2.24) is 0 Å². The second-order valence-electron chi connectivity index (χ2n) is 0. The van der Waals surface area contributed by atoms with Crippen LogP contribution >= 0.6 is 0 Å². The van der Waals surface area contributed by atoms with Crippen LogP contribution < -0.4 is 86.8 Å². The van der Waals surface area contributed by atoms with Gasteiger partial charge in [0.15, 0.2) is 0 Å². The Hall–Kier alpha value is 3.20. The monoisotopic (exact) mass is 347 g/mol. The first kappa shape index (κ1) is 150. The molecule has 0 amide bonds. The fourth-order valence-corrected chi connectivity index (χ4v) is 0. The van der Waals surface area contributed by atoms with Gasteiger partial charge in [0.25, 0.3) is 0 Å². The van der Waals surface area contributed by atoms with Gasteiger partial charge in [-0.2, -0.15) is 0 Å². The molecule has 0 aliphatic carbocycles. The van der Waals surface area contributed by atoms with E-state index in [0.717, 1.165) is 0 Å². The standard InChI is InChI=1S/7ClH.2V/h7*1H;;/p-7. The van der Waals surface area contributed by atoms with E-state index < -0.39 is 0 Å². The minimum Gasteiger partial charge on any atom is -1.00 e. The Kier molecular flexibility index (Phi) is 1890. The molecule has 0 aromatic heterocycles. The maximum absolute atomic E-state index is 0. The quantitative estimate of drug-likeness (QED) is 0.407. The number of halogens is 7. The summed E-state index contributed by atoms with van der Waals surface area (Å²) in [7, 11) is 0. The molecule has 2 radical (unpaired) electrons. The minimum absolute atomic E-state index is 0. The maximum Gasteiger partial charge on any atom is 0 e. The van der Waals surface area contributed by atoms with Crippen LogP contribution in [0.5, 0.6) is 0 Å². The van der Waals surface area contributed by atoms with Crippen LogP contribution in [-0.4, -0.2) is 0 Å². The van der Waals surface area contributed by atoms with E-state index in [-0.39, 0.29) is 124 Å². The largest absolute Gasteiger partial charge is 1.00 e. The van der Waals surface area contributed by atoms with Crippen LogP contribution in [0, 0.1) is 0 Å². The fraction of sp³-hybridized carbons (Fsp3) is 0. The molecule has 0 rings (SSSR count). The van der Waals surface area contributed by atoms with Crippen LogP contribution in [0.4, 0.5) is 0 Å². The van der Waals surface area contributed by atoms with E-state index in [0.29, 0.717) is 0 Å². The molecule has 0 aliphatic rings. The van der Waals surface area contributed by atoms with Crippen molar-refractivity contribution in [3.8, 4) is 0 Å². The SMILES string of the molecule is [Cl-].[Cl-].[Cl-].[Cl-].[Cl-].[Cl-].[Cl-].[V].[V]. The number of hydrogen-bond donors (Lipinski definition) is 0. The van der Waals surface area contributed by atoms with Gasteiger partial charge in [-0.25, -0.2) is 0 Å². The predicted molar refractivity (Wildman–Crippen MR) is 0 cm³/mol. The molecule has 0 atom stereocenters. The van der Waals surface area contributed by atoms with E-state index >= 15 is 0 Å². The zero-order chi connectivity index (χ0) is 0. The van der Waals surface area contributed by atoms with E-state index in [4.69, 9.17) is 0 Å². The Morgan fingerprint density at radius 2 is 0.222 bits per heavy atom. The summed E-state index contributed by atoms with van der Waals surface area (Å²) >= 11 is 0. The van der Waals surface area contributed by atoms with Gasteiger partial charge >= 0.3 is 0 Å². The molecule has 0 aromatic rings. The minimum atomic E-state index is 0. The van der Waals surface area contributed by atoms with E-state index in [1.165, 1.54) is 0 Å². The zero-order valence-corrected chi connectivity index (χ0v) is 11.6. The third-order valence-electron chi connectivity index (χ3n) is 0. The molecule has 9 heavy (non-hydrogen) atoms. The van der Waals surface area contributed by atoms with Crippen LogP contribution in [0.3, 0.4) is 0 Å². The smallest absolute Gasteiger partial charge is 0 e. The average molecular weight is 350 g/mol. The normalized spacial score (nSPS) is 0. The third kappa shape index (κ3) is 92.6. The topological polar surface area (TPSA) is 0 Å². The third-order valence-corrected chi connectivity index (χ3v) is 0. The summed E-state index contributed by atoms with van der Waals surface area (Å²) in [5, 5.41) is 0. The van der Waals surface area contributed by atoms with Crippen LogP contribution in [0.2, 0.25) is 0 Å². The van der Waals surface area contributed by atoms with Gasteiger partial charge in [0.2, 0.25) is 0 Å². The predicted octanol–water partition coefficient (Wildman–Crippen LogP) is -21.0. The molecule has 0 bridgehead atoms. The average Bonchev–Trinajstić information content (AvgIpc) is 0. The van der Waals surface area contributed by atoms with E-state index in [1.54, 1.807) is 0 Å². The van der Waals surface area contributed by atoms with Crippen molar-refractivity contribution in [2.75, 3.05) is 0 Å². The van der Waals surface area contributed by atoms with Gasteiger partial charge in [-0.15, -0.1) is 0 Å². The molecule has 0 heterocycles. The van der Waals surface area contributed by atoms with Crippen molar-refractivity contribution in [2.45, 2.75) is 0 Å². The number of hydrogen-bond acceptors (Lipinski definition) is 0. The Morgan fingerprint density at radius 3 is 0.222 bits per heavy atom. The molecule has 66 valence electrons. The van der Waals surface area contributed by atoms with Gasteiger partial charge in [-0.1, -0.05) is 0 Å². The fourth-order valence-electron chi connectivity index (χ4n) is 0. The summed E-state index contributed by atoms with van der Waals surface area (Å²) in [6, 6.07) is 0. The molecule has 0 aliphatic heterocycles. The van der Waals surface area contributed by atoms with Gasteiger partial charge < -0.3 is 86.8 Å². The van der Waals surface area contributed by atoms with E-state index in [9.17, 15) is 0 Å². The molecular formula is Cl7V2-7. The second kappa shape index (κ2) is 114. The van der Waals surface area contributed by atoms with Gasteiger partial charge in [0.1, 0.15) is 0 Å². The first-order valence-corrected chi connectivity index (χ1v) is 0. The first-order valence-electron chi connectivity index (χ1n) is 0. The summed E-state index contributed by atoms with van der Waals surface area (Å²) in [6.07, 6.45) is 0. The Labute approximate surface area is 122 Å². The first-order chi connectivity index (χ1) is 0. The molecule has 0 spiro atoms. The summed E-state index contributed by atoms with van der Waals surface area (Å²) in [5.74, 6) is 0. The number of rotatable bonds is 0. The molecule has 9 heteroatoms. The van der Waals surface area contributed by atoms with E-state index in [1.807, 2.05) is 0 Å². The molecule has 0 N–H and O–H groups in total. The van der Waals surface area contributed by atoms with Crippen molar-refractivity contribution < 1.29 is 124 Å². The summed E-state index contributed by atoms with van der Waals surface area (Å²) in [5.41, 5.74) is 0. The summed E-state index contributed by atoms with van der Waals surface area (Å²) in [6.45, 7) is 0. The Bertz CT molecular complexity index is 6.88. The second-order valence-corrected chi connectivity index (χ2v) is 0. The van der Waals surface area contributed by atoms with Gasteiger partial charge in [0, 0.05) is 37.1 Å². The van der Waals surface area contributed by atoms with Gasteiger partial charge in [0.05, 0.1) is 0 Å². The summed E-state index contributed by atoms with van der Waals surface area (Å²) in [4.78, 5) is 0. The van der Waals surface area contributed by atoms with Crippen LogP contribution in [0.1, 0.15) is 0 Å². The van der Waals surface area contributed by atoms with Crippen molar-refractivity contribution in [3.63, 3.8) is 0 Å². The maximum atomic E-state index is 0. The molecular weight excluding hydrogens is 350 g/mol. The van der Waals surface area contributed by atoms with Crippen molar-refractivity contribution >= 4 is 0 Å². The van der Waals surface area contributed by atoms with Crippen LogP contribution in [-0.2, 0) is 37.1 Å². The van der Waals surface area contributed by atoms with Crippen molar-refractivity contribution in [3.05, 3.63) is 0 Å². The molecule has 0 unspecified atom stereocenters. The summed E-state index contributed by atoms with van der Waals surface area (Å²) < 4.78 is 0. The van der Waals surface area contributed by atoms with E-state index in [2.05, 4.69) is 0 Å². The molecule has 0 saturated heterocycles. The Balaban J connectivity index is 0. The molecule has 0 nitrogen and oxygen atoms in total. The molecule has 0 aromatic carbocycles. The van der Waals surface area contributed by atoms with Crippen molar-refractivity contribution in [2.24, 2.45) is 0 Å². The van der Waals surface area contributed by atoms with Crippen LogP contribution in [0.15, 0.2) is 0 Å². The molecule has 0 saturated carbocycles. The van der Waals surface area contributed by atoms with Crippen molar-refractivity contribution in [1.29, 1.82) is 0 Å². The van der Waals surface area contributed by atoms with Gasteiger partial charge in [-0.05, 0) is 0 Å². The van der Waals surface area contributed by atoms with Gasteiger partial charge in [-0.3, -0.25) is 0 Å². The molecule has 0 fully saturated rings. The van der Waals surface area contributed by atoms with Crippen LogP contribution in [0.25, 0.3) is 0 Å².